The Kier molecular flexibility index (Phi) is 2.60. The Hall–Kier alpha value is -1.72. The minimum absolute atomic E-state index is 0.272. The molecule has 0 spiro atoms. The Balaban J connectivity index is 1.63. The van der Waals surface area contributed by atoms with E-state index in [2.05, 4.69) is 10.1 Å². The molecule has 1 aromatic carbocycles. The van der Waals surface area contributed by atoms with Gasteiger partial charge in [-0.25, -0.2) is 0 Å². The molecule has 0 N–H and O–H groups in total. The molecule has 0 unspecified atom stereocenters. The van der Waals surface area contributed by atoms with Crippen LogP contribution in [0.25, 0.3) is 11.5 Å². The smallest absolute Gasteiger partial charge is 0.257 e. The van der Waals surface area contributed by atoms with Gasteiger partial charge < -0.3 is 14.0 Å². The summed E-state index contributed by atoms with van der Waals surface area (Å²) in [6.45, 7) is 1.28. The molecule has 4 rings (SSSR count). The van der Waals surface area contributed by atoms with Crippen LogP contribution < -0.4 is 0 Å². The number of hydrogen-bond donors (Lipinski definition) is 0. The molecule has 1 aliphatic carbocycles. The average molecular weight is 258 g/mol. The van der Waals surface area contributed by atoms with Crippen LogP contribution in [0, 0.1) is 0 Å². The third-order valence-electron chi connectivity index (χ3n) is 3.41. The molecule has 2 aromatic rings. The van der Waals surface area contributed by atoms with Crippen molar-refractivity contribution in [1.82, 2.24) is 10.1 Å². The topological polar surface area (TPSA) is 57.4 Å². The van der Waals surface area contributed by atoms with E-state index in [4.69, 9.17) is 14.0 Å². The molecular formula is C14H14N2O3. The Morgan fingerprint density at radius 3 is 2.74 bits per heavy atom. The molecule has 5 heteroatoms. The zero-order valence-corrected chi connectivity index (χ0v) is 10.4. The van der Waals surface area contributed by atoms with E-state index in [1.165, 1.54) is 12.8 Å². The van der Waals surface area contributed by atoms with Crippen LogP contribution in [-0.2, 0) is 9.47 Å². The molecule has 19 heavy (non-hydrogen) atoms. The average Bonchev–Trinajstić information content (AvgIpc) is 2.97. The van der Waals surface area contributed by atoms with E-state index in [1.54, 1.807) is 0 Å². The summed E-state index contributed by atoms with van der Waals surface area (Å²) in [7, 11) is 0. The van der Waals surface area contributed by atoms with Crippen molar-refractivity contribution in [2.24, 2.45) is 0 Å². The van der Waals surface area contributed by atoms with Crippen LogP contribution in [-0.4, -0.2) is 23.4 Å². The maximum absolute atomic E-state index is 5.49. The van der Waals surface area contributed by atoms with Gasteiger partial charge in [0, 0.05) is 17.0 Å². The van der Waals surface area contributed by atoms with Crippen molar-refractivity contribution < 1.29 is 14.0 Å². The Morgan fingerprint density at radius 2 is 1.95 bits per heavy atom. The molecule has 0 atom stereocenters. The normalized spacial score (nSPS) is 20.0. The van der Waals surface area contributed by atoms with Gasteiger partial charge in [0.2, 0.25) is 0 Å². The quantitative estimate of drug-likeness (QED) is 0.847. The third-order valence-corrected chi connectivity index (χ3v) is 3.41. The van der Waals surface area contributed by atoms with Crippen molar-refractivity contribution in [3.8, 4) is 11.5 Å². The first-order valence-corrected chi connectivity index (χ1v) is 6.57. The SMILES string of the molecule is c1cc(-c2nc(C3CC3)no2)cc(C2OCCO2)c1. The fourth-order valence-electron chi connectivity index (χ4n) is 2.23. The second kappa shape index (κ2) is 4.43. The summed E-state index contributed by atoms with van der Waals surface area (Å²) in [6, 6.07) is 7.89. The molecule has 1 aliphatic heterocycles. The highest BCUT2D eigenvalue weighted by atomic mass is 16.7. The summed E-state index contributed by atoms with van der Waals surface area (Å²) in [4.78, 5) is 4.45. The van der Waals surface area contributed by atoms with E-state index in [0.717, 1.165) is 17.0 Å². The van der Waals surface area contributed by atoms with Crippen LogP contribution in [0.4, 0.5) is 0 Å². The van der Waals surface area contributed by atoms with Gasteiger partial charge in [-0.3, -0.25) is 0 Å². The highest BCUT2D eigenvalue weighted by Crippen LogP contribution is 2.39. The van der Waals surface area contributed by atoms with Crippen LogP contribution in [0.15, 0.2) is 28.8 Å². The number of ether oxygens (including phenoxy) is 2. The number of rotatable bonds is 3. The molecular weight excluding hydrogens is 244 g/mol. The zero-order chi connectivity index (χ0) is 12.7. The van der Waals surface area contributed by atoms with Crippen molar-refractivity contribution in [3.63, 3.8) is 0 Å². The van der Waals surface area contributed by atoms with Gasteiger partial charge in [-0.2, -0.15) is 4.98 Å². The minimum atomic E-state index is -0.272. The highest BCUT2D eigenvalue weighted by molar-refractivity contribution is 5.54. The molecule has 1 aromatic heterocycles. The van der Waals surface area contributed by atoms with Crippen molar-refractivity contribution in [3.05, 3.63) is 35.7 Å². The molecule has 0 amide bonds. The molecule has 1 saturated heterocycles. The maximum Gasteiger partial charge on any atom is 0.257 e. The fourth-order valence-corrected chi connectivity index (χ4v) is 2.23. The summed E-state index contributed by atoms with van der Waals surface area (Å²) >= 11 is 0. The lowest BCUT2D eigenvalue weighted by molar-refractivity contribution is -0.0440. The van der Waals surface area contributed by atoms with Crippen molar-refractivity contribution in [2.45, 2.75) is 25.0 Å². The number of aromatic nitrogens is 2. The largest absolute Gasteiger partial charge is 0.346 e. The maximum atomic E-state index is 5.49. The zero-order valence-electron chi connectivity index (χ0n) is 10.4. The molecule has 2 heterocycles. The number of benzene rings is 1. The van der Waals surface area contributed by atoms with Gasteiger partial charge >= 0.3 is 0 Å². The van der Waals surface area contributed by atoms with Gasteiger partial charge in [0.15, 0.2) is 12.1 Å². The standard InChI is InChI=1S/C14H14N2O3/c1-2-10(8-11(3-1)14-17-6-7-18-14)13-15-12(16-19-13)9-4-5-9/h1-3,8-9,14H,4-7H2. The molecule has 98 valence electrons. The molecule has 2 aliphatic rings. The van der Waals surface area contributed by atoms with Crippen molar-refractivity contribution in [1.29, 1.82) is 0 Å². The van der Waals surface area contributed by atoms with Crippen LogP contribution in [0.2, 0.25) is 0 Å². The predicted octanol–water partition coefficient (Wildman–Crippen LogP) is 2.66. The first-order chi connectivity index (χ1) is 9.40. The second-order valence-corrected chi connectivity index (χ2v) is 4.93. The molecule has 0 bridgehead atoms. The summed E-state index contributed by atoms with van der Waals surface area (Å²) in [6.07, 6.45) is 2.07. The van der Waals surface area contributed by atoms with Gasteiger partial charge in [0.1, 0.15) is 0 Å². The molecule has 5 nitrogen and oxygen atoms in total. The minimum Gasteiger partial charge on any atom is -0.346 e. The summed E-state index contributed by atoms with van der Waals surface area (Å²) in [5.41, 5.74) is 1.90. The molecule has 0 radical (unpaired) electrons. The van der Waals surface area contributed by atoms with Crippen molar-refractivity contribution >= 4 is 0 Å². The van der Waals surface area contributed by atoms with Gasteiger partial charge in [0.05, 0.1) is 13.2 Å². The third kappa shape index (κ3) is 2.15. The summed E-state index contributed by atoms with van der Waals surface area (Å²) in [5.74, 6) is 1.90. The predicted molar refractivity (Wildman–Crippen MR) is 66.4 cm³/mol. The first kappa shape index (κ1) is 11.1. The van der Waals surface area contributed by atoms with Crippen LogP contribution >= 0.6 is 0 Å². The van der Waals surface area contributed by atoms with Crippen LogP contribution in [0.1, 0.15) is 36.4 Å². The van der Waals surface area contributed by atoms with Crippen LogP contribution in [0.3, 0.4) is 0 Å². The second-order valence-electron chi connectivity index (χ2n) is 4.93. The Labute approximate surface area is 110 Å². The van der Waals surface area contributed by atoms with Gasteiger partial charge in [-0.05, 0) is 25.0 Å². The molecule has 2 fully saturated rings. The van der Waals surface area contributed by atoms with E-state index < -0.39 is 0 Å². The number of hydrogen-bond acceptors (Lipinski definition) is 5. The van der Waals surface area contributed by atoms with Gasteiger partial charge in [-0.15, -0.1) is 0 Å². The van der Waals surface area contributed by atoms with Crippen LogP contribution in [0.5, 0.6) is 0 Å². The first-order valence-electron chi connectivity index (χ1n) is 6.57. The van der Waals surface area contributed by atoms with E-state index in [9.17, 15) is 0 Å². The lowest BCUT2D eigenvalue weighted by Gasteiger charge is -2.09. The molecule has 1 saturated carbocycles. The Bertz CT molecular complexity index is 586. The summed E-state index contributed by atoms with van der Waals surface area (Å²) in [5, 5.41) is 4.03. The summed E-state index contributed by atoms with van der Waals surface area (Å²) < 4.78 is 16.3. The number of nitrogens with zero attached hydrogens (tertiary/aromatic N) is 2. The van der Waals surface area contributed by atoms with E-state index in [0.29, 0.717) is 25.0 Å². The van der Waals surface area contributed by atoms with Gasteiger partial charge in [-0.1, -0.05) is 17.3 Å². The van der Waals surface area contributed by atoms with E-state index >= 15 is 0 Å². The lowest BCUT2D eigenvalue weighted by Crippen LogP contribution is -1.97. The lowest BCUT2D eigenvalue weighted by atomic mass is 10.1. The van der Waals surface area contributed by atoms with E-state index in [1.807, 2.05) is 24.3 Å². The van der Waals surface area contributed by atoms with Crippen molar-refractivity contribution in [2.75, 3.05) is 13.2 Å². The highest BCUT2D eigenvalue weighted by Gasteiger charge is 2.29. The van der Waals surface area contributed by atoms with E-state index in [-0.39, 0.29) is 6.29 Å². The monoisotopic (exact) mass is 258 g/mol. The Morgan fingerprint density at radius 1 is 1.11 bits per heavy atom. The fraction of sp³-hybridized carbons (Fsp3) is 0.429. The van der Waals surface area contributed by atoms with Gasteiger partial charge in [0.25, 0.3) is 5.89 Å².